The van der Waals surface area contributed by atoms with E-state index in [1.807, 2.05) is 6.92 Å². The first-order chi connectivity index (χ1) is 13.6. The van der Waals surface area contributed by atoms with Gasteiger partial charge in [0.25, 0.3) is 11.8 Å². The maximum Gasteiger partial charge on any atom is 0.416 e. The number of halogens is 4. The van der Waals surface area contributed by atoms with Gasteiger partial charge in [-0.15, -0.1) is 0 Å². The first kappa shape index (κ1) is 22.4. The van der Waals surface area contributed by atoms with Crippen molar-refractivity contribution in [2.24, 2.45) is 0 Å². The third-order valence-corrected chi connectivity index (χ3v) is 4.56. The van der Waals surface area contributed by atoms with E-state index in [9.17, 15) is 27.6 Å². The van der Waals surface area contributed by atoms with Gasteiger partial charge in [-0.1, -0.05) is 15.9 Å². The van der Waals surface area contributed by atoms with E-state index < -0.39 is 42.7 Å². The van der Waals surface area contributed by atoms with E-state index in [1.54, 1.807) is 18.2 Å². The maximum atomic E-state index is 12.5. The minimum atomic E-state index is -4.51. The zero-order valence-corrected chi connectivity index (χ0v) is 16.7. The highest BCUT2D eigenvalue weighted by Crippen LogP contribution is 2.29. The number of esters is 1. The number of amides is 2. The number of aryl methyl sites for hydroxylation is 1. The van der Waals surface area contributed by atoms with Gasteiger partial charge in [0.1, 0.15) is 6.54 Å². The molecule has 0 heterocycles. The van der Waals surface area contributed by atoms with Gasteiger partial charge in [-0.25, -0.2) is 0 Å². The van der Waals surface area contributed by atoms with Crippen molar-refractivity contribution >= 4 is 39.4 Å². The van der Waals surface area contributed by atoms with Crippen LogP contribution < -0.4 is 10.6 Å². The summed E-state index contributed by atoms with van der Waals surface area (Å²) in [4.78, 5) is 35.3. The minimum Gasteiger partial charge on any atom is -0.454 e. The van der Waals surface area contributed by atoms with Crippen molar-refractivity contribution in [3.05, 3.63) is 63.6 Å². The summed E-state index contributed by atoms with van der Waals surface area (Å²) in [7, 11) is 0. The average Bonchev–Trinajstić information content (AvgIpc) is 2.66. The first-order valence-electron chi connectivity index (χ1n) is 8.23. The standard InChI is InChI=1S/C19H16BrF3N2O4/c1-11-8-14(6-7-15(11)20)25-16(26)10-29-17(27)9-24-18(28)12-2-4-13(5-3-12)19(21,22)23/h2-8H,9-10H2,1H3,(H,24,28)(H,25,26). The molecular formula is C19H16BrF3N2O4. The monoisotopic (exact) mass is 472 g/mol. The summed E-state index contributed by atoms with van der Waals surface area (Å²) in [6, 6.07) is 8.68. The number of carbonyl (C=O) groups is 3. The summed E-state index contributed by atoms with van der Waals surface area (Å²) in [5.74, 6) is -2.17. The van der Waals surface area contributed by atoms with Gasteiger partial charge in [-0.2, -0.15) is 13.2 Å². The summed E-state index contributed by atoms with van der Waals surface area (Å²) in [6.07, 6.45) is -4.51. The number of hydrogen-bond acceptors (Lipinski definition) is 4. The molecule has 0 aliphatic rings. The Balaban J connectivity index is 1.76. The molecule has 0 saturated carbocycles. The van der Waals surface area contributed by atoms with E-state index >= 15 is 0 Å². The molecule has 6 nitrogen and oxygen atoms in total. The Labute approximate surface area is 172 Å². The molecule has 0 unspecified atom stereocenters. The summed E-state index contributed by atoms with van der Waals surface area (Å²) in [5, 5.41) is 4.77. The molecule has 0 aliphatic carbocycles. The zero-order chi connectivity index (χ0) is 21.6. The number of alkyl halides is 3. The topological polar surface area (TPSA) is 84.5 Å². The number of benzene rings is 2. The van der Waals surface area contributed by atoms with Gasteiger partial charge in [-0.3, -0.25) is 14.4 Å². The molecule has 2 aromatic rings. The molecule has 0 spiro atoms. The number of ether oxygens (including phenoxy) is 1. The van der Waals surface area contributed by atoms with Gasteiger partial charge in [0.05, 0.1) is 5.56 Å². The van der Waals surface area contributed by atoms with Crippen molar-refractivity contribution in [2.45, 2.75) is 13.1 Å². The van der Waals surface area contributed by atoms with Crippen LogP contribution in [-0.4, -0.2) is 30.9 Å². The molecule has 2 rings (SSSR count). The van der Waals surface area contributed by atoms with Gasteiger partial charge in [0.15, 0.2) is 6.61 Å². The van der Waals surface area contributed by atoms with Crippen molar-refractivity contribution < 1.29 is 32.3 Å². The van der Waals surface area contributed by atoms with Crippen LogP contribution in [0.5, 0.6) is 0 Å². The number of hydrogen-bond donors (Lipinski definition) is 2. The maximum absolute atomic E-state index is 12.5. The minimum absolute atomic E-state index is 0.0471. The fraction of sp³-hybridized carbons (Fsp3) is 0.211. The van der Waals surface area contributed by atoms with E-state index in [0.717, 1.165) is 34.3 Å². The SMILES string of the molecule is Cc1cc(NC(=O)COC(=O)CNC(=O)c2ccc(C(F)(F)F)cc2)ccc1Br. The molecule has 154 valence electrons. The predicted molar refractivity (Wildman–Crippen MR) is 102 cm³/mol. The van der Waals surface area contributed by atoms with Crippen molar-refractivity contribution in [2.75, 3.05) is 18.5 Å². The molecule has 10 heteroatoms. The van der Waals surface area contributed by atoms with E-state index in [1.165, 1.54) is 0 Å². The van der Waals surface area contributed by atoms with Crippen LogP contribution in [0.4, 0.5) is 18.9 Å². The van der Waals surface area contributed by atoms with Crippen LogP contribution >= 0.6 is 15.9 Å². The van der Waals surface area contributed by atoms with Crippen LogP contribution in [0.2, 0.25) is 0 Å². The van der Waals surface area contributed by atoms with Crippen molar-refractivity contribution in [1.29, 1.82) is 0 Å². The highest BCUT2D eigenvalue weighted by Gasteiger charge is 2.30. The molecule has 0 radical (unpaired) electrons. The zero-order valence-electron chi connectivity index (χ0n) is 15.1. The van der Waals surface area contributed by atoms with Crippen LogP contribution in [0.15, 0.2) is 46.9 Å². The van der Waals surface area contributed by atoms with Crippen molar-refractivity contribution in [1.82, 2.24) is 5.32 Å². The molecule has 0 atom stereocenters. The van der Waals surface area contributed by atoms with Crippen LogP contribution in [0.25, 0.3) is 0 Å². The first-order valence-corrected chi connectivity index (χ1v) is 9.02. The van der Waals surface area contributed by atoms with Crippen LogP contribution in [0.3, 0.4) is 0 Å². The molecule has 0 fully saturated rings. The van der Waals surface area contributed by atoms with Gasteiger partial charge in [0.2, 0.25) is 0 Å². The summed E-state index contributed by atoms with van der Waals surface area (Å²) < 4.78 is 43.1. The molecule has 2 amide bonds. The Morgan fingerprint density at radius 1 is 1.07 bits per heavy atom. The van der Waals surface area contributed by atoms with Crippen molar-refractivity contribution in [3.8, 4) is 0 Å². The number of rotatable bonds is 6. The quantitative estimate of drug-likeness (QED) is 0.628. The molecule has 2 N–H and O–H groups in total. The Kier molecular flexibility index (Phi) is 7.38. The largest absolute Gasteiger partial charge is 0.454 e. The highest BCUT2D eigenvalue weighted by molar-refractivity contribution is 9.10. The Morgan fingerprint density at radius 2 is 1.72 bits per heavy atom. The lowest BCUT2D eigenvalue weighted by Gasteiger charge is -2.09. The summed E-state index contributed by atoms with van der Waals surface area (Å²) in [5.41, 5.74) is 0.503. The van der Waals surface area contributed by atoms with E-state index in [0.29, 0.717) is 5.69 Å². The summed E-state index contributed by atoms with van der Waals surface area (Å²) in [6.45, 7) is 0.758. The van der Waals surface area contributed by atoms with Crippen LogP contribution in [0.1, 0.15) is 21.5 Å². The fourth-order valence-corrected chi connectivity index (χ4v) is 2.43. The lowest BCUT2D eigenvalue weighted by atomic mass is 10.1. The van der Waals surface area contributed by atoms with Gasteiger partial charge in [0, 0.05) is 15.7 Å². The van der Waals surface area contributed by atoms with Crippen LogP contribution in [0, 0.1) is 6.92 Å². The summed E-state index contributed by atoms with van der Waals surface area (Å²) >= 11 is 3.34. The smallest absolute Gasteiger partial charge is 0.416 e. The lowest BCUT2D eigenvalue weighted by molar-refractivity contribution is -0.146. The predicted octanol–water partition coefficient (Wildman–Crippen LogP) is 3.69. The van der Waals surface area contributed by atoms with E-state index in [2.05, 4.69) is 26.6 Å². The normalized spacial score (nSPS) is 10.9. The number of nitrogens with one attached hydrogen (secondary N) is 2. The second-order valence-corrected chi connectivity index (χ2v) is 6.78. The van der Waals surface area contributed by atoms with Crippen molar-refractivity contribution in [3.63, 3.8) is 0 Å². The molecule has 0 aromatic heterocycles. The Morgan fingerprint density at radius 3 is 2.31 bits per heavy atom. The third-order valence-electron chi connectivity index (χ3n) is 3.67. The number of anilines is 1. The fourth-order valence-electron chi connectivity index (χ4n) is 2.18. The molecule has 2 aromatic carbocycles. The Hall–Kier alpha value is -2.88. The van der Waals surface area contributed by atoms with Crippen LogP contribution in [-0.2, 0) is 20.5 Å². The highest BCUT2D eigenvalue weighted by atomic mass is 79.9. The average molecular weight is 473 g/mol. The van der Waals surface area contributed by atoms with E-state index in [4.69, 9.17) is 4.74 Å². The molecule has 29 heavy (non-hydrogen) atoms. The second-order valence-electron chi connectivity index (χ2n) is 5.93. The lowest BCUT2D eigenvalue weighted by Crippen LogP contribution is -2.32. The van der Waals surface area contributed by atoms with Gasteiger partial charge in [-0.05, 0) is 55.0 Å². The molecular weight excluding hydrogens is 457 g/mol. The Bertz CT molecular complexity index is 915. The molecule has 0 bridgehead atoms. The van der Waals surface area contributed by atoms with Gasteiger partial charge >= 0.3 is 12.1 Å². The number of carbonyl (C=O) groups excluding carboxylic acids is 3. The molecule has 0 saturated heterocycles. The van der Waals surface area contributed by atoms with E-state index in [-0.39, 0.29) is 5.56 Å². The van der Waals surface area contributed by atoms with Gasteiger partial charge < -0.3 is 15.4 Å². The second kappa shape index (κ2) is 9.55. The molecule has 0 aliphatic heterocycles. The third kappa shape index (κ3) is 6.90.